The molecule has 132 heavy (non-hydrogen) atoms. The first-order chi connectivity index (χ1) is 64.6. The molecule has 1 aromatic carbocycles. The molecule has 1 saturated carbocycles. The molecule has 16 heteroatoms. The van der Waals surface area contributed by atoms with E-state index in [1.807, 2.05) is 24.3 Å². The average Bonchev–Trinajstić information content (AvgIpc) is 1.57. The fourth-order valence-corrected chi connectivity index (χ4v) is 21.1. The number of rotatable bonds is 80. The summed E-state index contributed by atoms with van der Waals surface area (Å²) >= 11 is 0. The summed E-state index contributed by atoms with van der Waals surface area (Å²) in [5.41, 5.74) is -1.91. The van der Waals surface area contributed by atoms with E-state index < -0.39 is 59.3 Å². The number of unbranched alkanes of at least 4 members (excludes halogenated alkanes) is 48. The number of carbonyl (C=O) groups excluding carboxylic acids is 6. The third-order valence-electron chi connectivity index (χ3n) is 29.5. The quantitative estimate of drug-likeness (QED) is 0.0267. The highest BCUT2D eigenvalue weighted by atomic mass is 16.4. The van der Waals surface area contributed by atoms with Crippen molar-refractivity contribution in [2.45, 2.75) is 490 Å². The Hall–Kier alpha value is -6.78. The number of aliphatic hydroxyl groups is 2. The fourth-order valence-electron chi connectivity index (χ4n) is 21.1. The predicted octanol–water partition coefficient (Wildman–Crippen LogP) is 29.9. The molecule has 4 N–H and O–H groups in total. The number of nitrogens with one attached hydrogen (secondary N) is 2. The van der Waals surface area contributed by atoms with Crippen LogP contribution in [0.1, 0.15) is 502 Å². The van der Waals surface area contributed by atoms with Crippen LogP contribution in [0, 0.1) is 35.5 Å². The van der Waals surface area contributed by atoms with E-state index in [4.69, 9.17) is 17.7 Å². The Bertz CT molecular complexity index is 3720. The molecular weight excluding hydrogens is 1640 g/mol. The van der Waals surface area contributed by atoms with E-state index in [-0.39, 0.29) is 35.2 Å². The number of hydrogen-bond donors (Lipinski definition) is 4. The lowest BCUT2D eigenvalue weighted by Gasteiger charge is -2.40. The zero-order valence-corrected chi connectivity index (χ0v) is 84.9. The van der Waals surface area contributed by atoms with Gasteiger partial charge in [-0.2, -0.15) is 0 Å². The van der Waals surface area contributed by atoms with Crippen molar-refractivity contribution in [3.63, 3.8) is 0 Å². The largest absolute Gasteiger partial charge is 0.466 e. The lowest BCUT2D eigenvalue weighted by molar-refractivity contribution is -0.171. The van der Waals surface area contributed by atoms with Crippen LogP contribution in [0.5, 0.6) is 0 Å². The molecule has 4 amide bonds. The Balaban J connectivity index is 0.000000361. The maximum absolute atomic E-state index is 14.9. The Kier molecular flexibility index (Phi) is 57.3. The van der Waals surface area contributed by atoms with Gasteiger partial charge in [-0.05, 0) is 136 Å². The monoisotopic (exact) mass is 1830 g/mol. The molecule has 744 valence electrons. The number of nitrogens with zero attached hydrogens (tertiary/aromatic N) is 2. The SMILES string of the molecule is CCCCCCCCCCC(CCCCCCCC)CN1C(=O)C(c2ccco2)=c2cc3c(cc21)=C(c1ccco1)C(=O)N3CC(CCCCCCCC)CCCCCCCCCC.CCCCCCCCCCC(CCCCCCCC)CNC(=O)C(O)(c1ccco1)C1CC(=O)C(C(O)(C(=O)NCC(CCCCCCCC)CCCCCCCCCC)c2ccco2)CC1=O. The highest BCUT2D eigenvalue weighted by Gasteiger charge is 2.60. The number of ketones is 2. The highest BCUT2D eigenvalue weighted by Crippen LogP contribution is 2.45. The minimum atomic E-state index is -2.48. The maximum atomic E-state index is 14.9. The molecule has 16 nitrogen and oxygen atoms in total. The summed E-state index contributed by atoms with van der Waals surface area (Å²) in [6, 6.07) is 17.9. The van der Waals surface area contributed by atoms with E-state index >= 15 is 0 Å². The summed E-state index contributed by atoms with van der Waals surface area (Å²) in [5, 5.41) is 32.7. The third-order valence-corrected chi connectivity index (χ3v) is 29.5. The van der Waals surface area contributed by atoms with E-state index in [9.17, 15) is 39.0 Å². The highest BCUT2D eigenvalue weighted by molar-refractivity contribution is 6.31. The van der Waals surface area contributed by atoms with Crippen LogP contribution in [0.3, 0.4) is 0 Å². The molecule has 0 bridgehead atoms. The zero-order valence-electron chi connectivity index (χ0n) is 84.9. The van der Waals surface area contributed by atoms with Gasteiger partial charge in [0.1, 0.15) is 34.6 Å². The van der Waals surface area contributed by atoms with Gasteiger partial charge in [-0.3, -0.25) is 28.8 Å². The summed E-state index contributed by atoms with van der Waals surface area (Å²) < 4.78 is 23.4. The van der Waals surface area contributed by atoms with E-state index in [1.54, 1.807) is 24.7 Å². The van der Waals surface area contributed by atoms with Crippen molar-refractivity contribution < 1.29 is 56.6 Å². The molecule has 0 radical (unpaired) electrons. The fraction of sp³-hybridized carbons (Fsp3) is 0.741. The molecule has 2 aliphatic heterocycles. The first-order valence-electron chi connectivity index (χ1n) is 55.4. The number of benzene rings is 1. The van der Waals surface area contributed by atoms with Gasteiger partial charge in [-0.25, -0.2) is 0 Å². The standard InChI is InChI=1S/C58H98N2O8.C58H90N2O4/c1-5-9-13-17-21-23-27-31-37-47(35-29-25-19-15-11-7-3)45-59-55(63)57(65,53-39-33-41-67-53)49-43-52(62)50(44-51(49)61)58(66,54-40-34-42-68-54)56(64)60-46-48(36-30-26-20-16-12-8-4)38-32-28-24-22-18-14-10-6-2;1-5-9-13-17-21-23-27-31-37-47(35-29-25-19-15-11-7-3)45-59-51-43-50-52(44-49(51)55(57(59)61)53-39-33-41-63-53)60(58(62)56(50)54-40-34-42-64-54)46-48(36-30-26-20-16-12-8-4)38-32-28-24-22-18-14-10-6-2/h33-34,39-42,47-50,65-66H,5-32,35-38,43-46H2,1-4H3,(H,59,63)(H,60,64);33-34,39-44,47-48H,5-32,35-38,45-46H2,1-4H3. The average molecular weight is 1830 g/mol. The molecule has 8 atom stereocenters. The summed E-state index contributed by atoms with van der Waals surface area (Å²) in [4.78, 5) is 91.5. The zero-order chi connectivity index (χ0) is 94.5. The van der Waals surface area contributed by atoms with Crippen molar-refractivity contribution in [1.82, 2.24) is 10.6 Å². The summed E-state index contributed by atoms with van der Waals surface area (Å²) in [5.74, 6) is -3.54. The van der Waals surface area contributed by atoms with E-state index in [2.05, 4.69) is 88.0 Å². The van der Waals surface area contributed by atoms with Crippen molar-refractivity contribution in [1.29, 1.82) is 0 Å². The number of amides is 4. The summed E-state index contributed by atoms with van der Waals surface area (Å²) in [6.45, 7) is 20.1. The van der Waals surface area contributed by atoms with Crippen LogP contribution >= 0.6 is 0 Å². The normalized spacial score (nSPS) is 16.3. The second-order valence-electron chi connectivity index (χ2n) is 40.5. The first kappa shape index (κ1) is 112. The van der Waals surface area contributed by atoms with Gasteiger partial charge in [0, 0.05) is 49.5 Å². The van der Waals surface area contributed by atoms with E-state index in [0.29, 0.717) is 60.7 Å². The number of hydrogen-bond acceptors (Lipinski definition) is 12. The van der Waals surface area contributed by atoms with Crippen LogP contribution < -0.4 is 30.9 Å². The van der Waals surface area contributed by atoms with Crippen molar-refractivity contribution in [3.8, 4) is 0 Å². The molecule has 4 aromatic heterocycles. The van der Waals surface area contributed by atoms with Crippen LogP contribution in [-0.4, -0.2) is 71.6 Å². The molecule has 8 rings (SSSR count). The van der Waals surface area contributed by atoms with Gasteiger partial charge in [-0.15, -0.1) is 0 Å². The number of carbonyl (C=O) groups is 6. The molecule has 0 saturated heterocycles. The molecule has 0 spiro atoms. The second-order valence-corrected chi connectivity index (χ2v) is 40.5. The third kappa shape index (κ3) is 38.3. The Morgan fingerprint density at radius 3 is 0.758 bits per heavy atom. The van der Waals surface area contributed by atoms with E-state index in [1.165, 1.54) is 333 Å². The number of anilines is 2. The van der Waals surface area contributed by atoms with Gasteiger partial charge < -0.3 is 48.3 Å². The summed E-state index contributed by atoms with van der Waals surface area (Å²) in [6.07, 6.45) is 83.0. The van der Waals surface area contributed by atoms with Gasteiger partial charge in [0.2, 0.25) is 11.2 Å². The Morgan fingerprint density at radius 1 is 0.318 bits per heavy atom. The molecule has 6 heterocycles. The van der Waals surface area contributed by atoms with Crippen molar-refractivity contribution in [3.05, 3.63) is 119 Å². The van der Waals surface area contributed by atoms with Gasteiger partial charge in [0.15, 0.2) is 0 Å². The lowest BCUT2D eigenvalue weighted by Crippen LogP contribution is -2.59. The van der Waals surface area contributed by atoms with E-state index in [0.717, 1.165) is 125 Å². The Labute approximate surface area is 801 Å². The minimum absolute atomic E-state index is 0.0190. The summed E-state index contributed by atoms with van der Waals surface area (Å²) in [7, 11) is 0. The van der Waals surface area contributed by atoms with Gasteiger partial charge in [-0.1, -0.05) is 415 Å². The van der Waals surface area contributed by atoms with Gasteiger partial charge in [0.25, 0.3) is 23.6 Å². The van der Waals surface area contributed by atoms with Crippen LogP contribution in [0.15, 0.2) is 103 Å². The topological polar surface area (TPSA) is 226 Å². The van der Waals surface area contributed by atoms with Crippen molar-refractivity contribution >= 4 is 57.7 Å². The van der Waals surface area contributed by atoms with Crippen molar-refractivity contribution in [2.24, 2.45) is 35.5 Å². The number of Topliss-reactive ketones (excluding diaryl/α,β-unsaturated/α-hetero) is 2. The Morgan fingerprint density at radius 2 is 0.538 bits per heavy atom. The van der Waals surface area contributed by atoms with Gasteiger partial charge >= 0.3 is 0 Å². The van der Waals surface area contributed by atoms with Crippen molar-refractivity contribution in [2.75, 3.05) is 36.0 Å². The minimum Gasteiger partial charge on any atom is -0.466 e. The molecule has 3 aliphatic rings. The molecule has 8 unspecified atom stereocenters. The van der Waals surface area contributed by atoms with Crippen LogP contribution in [0.2, 0.25) is 0 Å². The van der Waals surface area contributed by atoms with Gasteiger partial charge in [0.05, 0.1) is 59.4 Å². The molecule has 1 fully saturated rings. The molecular formula is C116H188N4O12. The second kappa shape index (κ2) is 67.4. The van der Waals surface area contributed by atoms with Crippen LogP contribution in [0.25, 0.3) is 11.1 Å². The number of furan rings is 4. The van der Waals surface area contributed by atoms with Crippen LogP contribution in [-0.2, 0) is 40.0 Å². The molecule has 5 aromatic rings. The number of fused-ring (bicyclic) bond motifs is 2. The smallest absolute Gasteiger partial charge is 0.262 e. The molecule has 1 aliphatic carbocycles. The lowest BCUT2D eigenvalue weighted by atomic mass is 9.65. The maximum Gasteiger partial charge on any atom is 0.262 e. The van der Waals surface area contributed by atoms with Crippen LogP contribution in [0.4, 0.5) is 11.4 Å². The first-order valence-corrected chi connectivity index (χ1v) is 55.4. The predicted molar refractivity (Wildman–Crippen MR) is 545 cm³/mol.